The Balaban J connectivity index is 2.35. The first-order chi connectivity index (χ1) is 9.49. The summed E-state index contributed by atoms with van der Waals surface area (Å²) < 4.78 is 0.493. The third-order valence-corrected chi connectivity index (χ3v) is 3.47. The Morgan fingerprint density at radius 3 is 2.50 bits per heavy atom. The van der Waals surface area contributed by atoms with Gasteiger partial charge in [-0.05, 0) is 46.3 Å². The minimum absolute atomic E-state index is 0.00903. The minimum Gasteiger partial charge on any atom is -0.478 e. The van der Waals surface area contributed by atoms with Gasteiger partial charge < -0.3 is 10.4 Å². The molecule has 6 heteroatoms. The summed E-state index contributed by atoms with van der Waals surface area (Å²) in [5.41, 5.74) is 0.573. The number of benzene rings is 2. The molecule has 0 aliphatic heterocycles. The predicted molar refractivity (Wildman–Crippen MR) is 80.5 cm³/mol. The van der Waals surface area contributed by atoms with Gasteiger partial charge in [0.15, 0.2) is 0 Å². The second-order valence-corrected chi connectivity index (χ2v) is 5.22. The Kier molecular flexibility index (Phi) is 4.42. The molecule has 2 aromatic rings. The van der Waals surface area contributed by atoms with Crippen molar-refractivity contribution in [1.29, 1.82) is 0 Å². The highest BCUT2D eigenvalue weighted by Crippen LogP contribution is 2.27. The van der Waals surface area contributed by atoms with Gasteiger partial charge in [0.05, 0.1) is 11.3 Å². The van der Waals surface area contributed by atoms with E-state index in [1.54, 1.807) is 30.3 Å². The zero-order valence-electron chi connectivity index (χ0n) is 10.1. The quantitative estimate of drug-likeness (QED) is 0.874. The molecule has 0 bridgehead atoms. The lowest BCUT2D eigenvalue weighted by atomic mass is 10.1. The third kappa shape index (κ3) is 3.18. The van der Waals surface area contributed by atoms with Crippen molar-refractivity contribution in [3.8, 4) is 0 Å². The van der Waals surface area contributed by atoms with E-state index in [1.807, 2.05) is 0 Å². The average molecular weight is 355 g/mol. The van der Waals surface area contributed by atoms with Crippen LogP contribution in [0.4, 0.5) is 5.69 Å². The summed E-state index contributed by atoms with van der Waals surface area (Å²) in [5, 5.41) is 12.1. The van der Waals surface area contributed by atoms with Gasteiger partial charge in [-0.2, -0.15) is 0 Å². The van der Waals surface area contributed by atoms with E-state index in [9.17, 15) is 9.59 Å². The molecule has 0 aromatic heterocycles. The molecule has 0 aliphatic rings. The number of rotatable bonds is 3. The minimum atomic E-state index is -1.12. The number of hydrogen-bond acceptors (Lipinski definition) is 2. The van der Waals surface area contributed by atoms with Crippen molar-refractivity contribution in [2.45, 2.75) is 0 Å². The van der Waals surface area contributed by atoms with Crippen LogP contribution in [-0.4, -0.2) is 17.0 Å². The Hall–Kier alpha value is -1.85. The van der Waals surface area contributed by atoms with Gasteiger partial charge in [0, 0.05) is 15.1 Å². The van der Waals surface area contributed by atoms with Gasteiger partial charge in [-0.1, -0.05) is 23.7 Å². The normalized spacial score (nSPS) is 10.1. The number of para-hydroxylation sites is 1. The number of carbonyl (C=O) groups excluding carboxylic acids is 1. The zero-order valence-corrected chi connectivity index (χ0v) is 12.4. The lowest BCUT2D eigenvalue weighted by Crippen LogP contribution is -2.15. The molecular weight excluding hydrogens is 346 g/mol. The molecule has 20 heavy (non-hydrogen) atoms. The number of anilines is 1. The molecular formula is C14H9BrClNO3. The summed E-state index contributed by atoms with van der Waals surface area (Å²) >= 11 is 9.05. The van der Waals surface area contributed by atoms with Gasteiger partial charge in [-0.3, -0.25) is 4.79 Å². The van der Waals surface area contributed by atoms with Crippen LogP contribution < -0.4 is 5.32 Å². The fraction of sp³-hybridized carbons (Fsp3) is 0. The number of hydrogen-bond donors (Lipinski definition) is 2. The predicted octanol–water partition coefficient (Wildman–Crippen LogP) is 4.05. The van der Waals surface area contributed by atoms with Crippen LogP contribution in [0.1, 0.15) is 20.7 Å². The van der Waals surface area contributed by atoms with Gasteiger partial charge in [0.2, 0.25) is 0 Å². The third-order valence-electron chi connectivity index (χ3n) is 2.57. The van der Waals surface area contributed by atoms with E-state index < -0.39 is 11.9 Å². The summed E-state index contributed by atoms with van der Waals surface area (Å²) in [6, 6.07) is 11.1. The van der Waals surface area contributed by atoms with Gasteiger partial charge in [0.1, 0.15) is 0 Å². The number of carboxylic acids is 1. The molecule has 0 atom stereocenters. The van der Waals surface area contributed by atoms with Crippen molar-refractivity contribution >= 4 is 45.1 Å². The Morgan fingerprint density at radius 2 is 1.85 bits per heavy atom. The van der Waals surface area contributed by atoms with E-state index >= 15 is 0 Å². The van der Waals surface area contributed by atoms with E-state index in [4.69, 9.17) is 16.7 Å². The van der Waals surface area contributed by atoms with Crippen LogP contribution in [0.3, 0.4) is 0 Å². The lowest BCUT2D eigenvalue weighted by molar-refractivity contribution is 0.0698. The van der Waals surface area contributed by atoms with E-state index in [2.05, 4.69) is 21.2 Å². The van der Waals surface area contributed by atoms with Crippen LogP contribution in [-0.2, 0) is 0 Å². The van der Waals surface area contributed by atoms with Crippen LogP contribution in [0.2, 0.25) is 5.02 Å². The first-order valence-corrected chi connectivity index (χ1v) is 6.75. The summed E-state index contributed by atoms with van der Waals surface area (Å²) in [4.78, 5) is 23.3. The Morgan fingerprint density at radius 1 is 1.15 bits per heavy atom. The molecule has 0 radical (unpaired) electrons. The fourth-order valence-electron chi connectivity index (χ4n) is 1.64. The van der Waals surface area contributed by atoms with Crippen LogP contribution in [0, 0.1) is 0 Å². The molecule has 102 valence electrons. The SMILES string of the molecule is O=C(Nc1c(Br)cccc1C(=O)O)c1cccc(Cl)c1. The molecule has 0 heterocycles. The second kappa shape index (κ2) is 6.07. The zero-order chi connectivity index (χ0) is 14.7. The lowest BCUT2D eigenvalue weighted by Gasteiger charge is -2.10. The van der Waals surface area contributed by atoms with Gasteiger partial charge in [0.25, 0.3) is 5.91 Å². The molecule has 2 N–H and O–H groups in total. The highest BCUT2D eigenvalue weighted by atomic mass is 79.9. The maximum atomic E-state index is 12.1. The highest BCUT2D eigenvalue weighted by molar-refractivity contribution is 9.10. The Labute approximate surface area is 128 Å². The number of amides is 1. The number of aromatic carboxylic acids is 1. The first-order valence-electron chi connectivity index (χ1n) is 5.58. The molecule has 2 aromatic carbocycles. The molecule has 4 nitrogen and oxygen atoms in total. The molecule has 0 unspecified atom stereocenters. The summed E-state index contributed by atoms with van der Waals surface area (Å²) in [6.07, 6.45) is 0. The fourth-order valence-corrected chi connectivity index (χ4v) is 2.30. The van der Waals surface area contributed by atoms with Crippen LogP contribution in [0.15, 0.2) is 46.9 Å². The molecule has 2 rings (SSSR count). The number of halogens is 2. The molecule has 0 fully saturated rings. The van der Waals surface area contributed by atoms with Crippen molar-refractivity contribution in [3.63, 3.8) is 0 Å². The Bertz CT molecular complexity index is 688. The highest BCUT2D eigenvalue weighted by Gasteiger charge is 2.16. The first kappa shape index (κ1) is 14.6. The van der Waals surface area contributed by atoms with Gasteiger partial charge >= 0.3 is 5.97 Å². The van der Waals surface area contributed by atoms with E-state index in [0.717, 1.165) is 0 Å². The van der Waals surface area contributed by atoms with Crippen molar-refractivity contribution in [2.75, 3.05) is 5.32 Å². The second-order valence-electron chi connectivity index (χ2n) is 3.93. The maximum Gasteiger partial charge on any atom is 0.337 e. The summed E-state index contributed by atoms with van der Waals surface area (Å²) in [5.74, 6) is -1.55. The van der Waals surface area contributed by atoms with E-state index in [-0.39, 0.29) is 11.3 Å². The average Bonchev–Trinajstić information content (AvgIpc) is 2.40. The van der Waals surface area contributed by atoms with Gasteiger partial charge in [-0.15, -0.1) is 0 Å². The number of carboxylic acid groups (broad SMARTS) is 1. The van der Waals surface area contributed by atoms with Crippen molar-refractivity contribution < 1.29 is 14.7 Å². The van der Waals surface area contributed by atoms with Crippen molar-refractivity contribution in [3.05, 3.63) is 63.1 Å². The monoisotopic (exact) mass is 353 g/mol. The molecule has 0 saturated carbocycles. The molecule has 0 saturated heterocycles. The summed E-state index contributed by atoms with van der Waals surface area (Å²) in [7, 11) is 0. The van der Waals surface area contributed by atoms with Crippen molar-refractivity contribution in [2.24, 2.45) is 0 Å². The van der Waals surface area contributed by atoms with E-state index in [0.29, 0.717) is 15.1 Å². The van der Waals surface area contributed by atoms with Crippen LogP contribution in [0.25, 0.3) is 0 Å². The van der Waals surface area contributed by atoms with Crippen molar-refractivity contribution in [1.82, 2.24) is 0 Å². The van der Waals surface area contributed by atoms with Gasteiger partial charge in [-0.25, -0.2) is 4.79 Å². The number of nitrogens with one attached hydrogen (secondary N) is 1. The van der Waals surface area contributed by atoms with E-state index in [1.165, 1.54) is 12.1 Å². The molecule has 0 aliphatic carbocycles. The maximum absolute atomic E-state index is 12.1. The summed E-state index contributed by atoms with van der Waals surface area (Å²) in [6.45, 7) is 0. The largest absolute Gasteiger partial charge is 0.478 e. The number of carbonyl (C=O) groups is 2. The van der Waals surface area contributed by atoms with Crippen LogP contribution >= 0.6 is 27.5 Å². The van der Waals surface area contributed by atoms with Crippen LogP contribution in [0.5, 0.6) is 0 Å². The topological polar surface area (TPSA) is 66.4 Å². The standard InChI is InChI=1S/C14H9BrClNO3/c15-11-6-2-5-10(14(19)20)12(11)17-13(18)8-3-1-4-9(16)7-8/h1-7H,(H,17,18)(H,19,20). The molecule has 0 spiro atoms. The smallest absolute Gasteiger partial charge is 0.337 e. The molecule has 1 amide bonds.